The summed E-state index contributed by atoms with van der Waals surface area (Å²) < 4.78 is 76.1. The van der Waals surface area contributed by atoms with E-state index in [9.17, 15) is 36.5 Å². The number of aromatic nitrogens is 1. The van der Waals surface area contributed by atoms with E-state index in [0.717, 1.165) is 0 Å². The molecule has 5 nitrogen and oxygen atoms in total. The van der Waals surface area contributed by atoms with Gasteiger partial charge in [0.15, 0.2) is 0 Å². The molecular weight excluding hydrogens is 401 g/mol. The summed E-state index contributed by atoms with van der Waals surface area (Å²) in [5.74, 6) is -1.75. The zero-order valence-corrected chi connectivity index (χ0v) is 10.5. The van der Waals surface area contributed by atoms with Crippen LogP contribution >= 0.6 is 22.6 Å². The van der Waals surface area contributed by atoms with Gasteiger partial charge in [-0.05, 0) is 28.7 Å². The lowest BCUT2D eigenvalue weighted by Gasteiger charge is -2.12. The van der Waals surface area contributed by atoms with Crippen molar-refractivity contribution in [1.29, 1.82) is 0 Å². The lowest BCUT2D eigenvalue weighted by molar-refractivity contribution is -0.392. The van der Waals surface area contributed by atoms with Gasteiger partial charge in [0.2, 0.25) is 0 Å². The molecule has 12 heteroatoms. The van der Waals surface area contributed by atoms with Crippen LogP contribution in [0.25, 0.3) is 0 Å². The zero-order valence-electron chi connectivity index (χ0n) is 8.34. The molecule has 1 heterocycles. The smallest absolute Gasteiger partial charge is 0.381 e. The Morgan fingerprint density at radius 1 is 1.26 bits per heavy atom. The normalized spacial score (nSPS) is 12.4. The molecule has 0 amide bonds. The van der Waals surface area contributed by atoms with Crippen LogP contribution in [0, 0.1) is 13.8 Å². The quantitative estimate of drug-likeness (QED) is 0.250. The maximum atomic E-state index is 12.5. The molecule has 0 atom stereocenters. The third-order valence-corrected chi connectivity index (χ3v) is 2.18. The Morgan fingerprint density at radius 2 is 1.79 bits per heavy atom. The highest BCUT2D eigenvalue weighted by Crippen LogP contribution is 2.42. The maximum absolute atomic E-state index is 12.5. The van der Waals surface area contributed by atoms with Crippen molar-refractivity contribution in [1.82, 2.24) is 4.98 Å². The summed E-state index contributed by atoms with van der Waals surface area (Å²) in [6.45, 7) is 0. The Balaban J connectivity index is 3.54. The first-order valence-corrected chi connectivity index (χ1v) is 5.17. The lowest BCUT2D eigenvalue weighted by atomic mass is 10.2. The van der Waals surface area contributed by atoms with E-state index >= 15 is 0 Å². The molecule has 0 radical (unpaired) electrons. The molecule has 0 spiro atoms. The van der Waals surface area contributed by atoms with E-state index in [-0.39, 0.29) is 6.07 Å². The van der Waals surface area contributed by atoms with Crippen molar-refractivity contribution in [3.8, 4) is 5.88 Å². The fourth-order valence-electron chi connectivity index (χ4n) is 1.06. The molecule has 0 bridgehead atoms. The molecule has 0 N–H and O–H groups in total. The first-order valence-electron chi connectivity index (χ1n) is 4.09. The van der Waals surface area contributed by atoms with Crippen LogP contribution in [0.4, 0.5) is 32.0 Å². The molecule has 0 saturated heterocycles. The fourth-order valence-corrected chi connectivity index (χ4v) is 1.59. The summed E-state index contributed by atoms with van der Waals surface area (Å²) in [6, 6.07) is 0.252. The number of alkyl halides is 6. The second-order valence-corrected chi connectivity index (χ2v) is 4.05. The van der Waals surface area contributed by atoms with E-state index in [4.69, 9.17) is 0 Å². The summed E-state index contributed by atoms with van der Waals surface area (Å²) in [5.41, 5.74) is -3.75. The fraction of sp³-hybridized carbons (Fsp3) is 0.286. The lowest BCUT2D eigenvalue weighted by Crippen LogP contribution is -2.21. The molecule has 19 heavy (non-hydrogen) atoms. The van der Waals surface area contributed by atoms with Gasteiger partial charge in [-0.15, -0.1) is 13.2 Å². The van der Waals surface area contributed by atoms with Gasteiger partial charge in [0.25, 0.3) is 0 Å². The van der Waals surface area contributed by atoms with Crippen molar-refractivity contribution in [3.63, 3.8) is 0 Å². The number of nitrogens with zero attached hydrogens (tertiary/aromatic N) is 2. The third kappa shape index (κ3) is 4.07. The van der Waals surface area contributed by atoms with Crippen LogP contribution in [-0.2, 0) is 6.18 Å². The average molecular weight is 402 g/mol. The van der Waals surface area contributed by atoms with Gasteiger partial charge in [0.1, 0.15) is 9.26 Å². The van der Waals surface area contributed by atoms with Gasteiger partial charge in [0, 0.05) is 0 Å². The first kappa shape index (κ1) is 15.7. The average Bonchev–Trinajstić information content (AvgIpc) is 2.11. The van der Waals surface area contributed by atoms with Crippen LogP contribution in [0.2, 0.25) is 0 Å². The minimum absolute atomic E-state index is 0.252. The van der Waals surface area contributed by atoms with Crippen LogP contribution in [0.1, 0.15) is 5.56 Å². The molecule has 0 aliphatic rings. The molecule has 0 aliphatic heterocycles. The van der Waals surface area contributed by atoms with Gasteiger partial charge in [-0.1, -0.05) is 0 Å². The number of hydrogen-bond donors (Lipinski definition) is 0. The van der Waals surface area contributed by atoms with Crippen molar-refractivity contribution in [2.45, 2.75) is 12.5 Å². The Kier molecular flexibility index (Phi) is 4.11. The summed E-state index contributed by atoms with van der Waals surface area (Å²) >= 11 is 1.18. The second-order valence-electron chi connectivity index (χ2n) is 2.95. The van der Waals surface area contributed by atoms with Gasteiger partial charge in [-0.2, -0.15) is 13.2 Å². The minimum Gasteiger partial charge on any atom is -0.381 e. The van der Waals surface area contributed by atoms with E-state index < -0.39 is 38.3 Å². The monoisotopic (exact) mass is 402 g/mol. The Morgan fingerprint density at radius 3 is 2.16 bits per heavy atom. The summed E-state index contributed by atoms with van der Waals surface area (Å²) in [6.07, 6.45) is -10.6. The number of ether oxygens (including phenoxy) is 1. The van der Waals surface area contributed by atoms with Gasteiger partial charge in [-0.3, -0.25) is 10.1 Å². The Bertz CT molecular complexity index is 515. The van der Waals surface area contributed by atoms with Crippen LogP contribution < -0.4 is 4.74 Å². The van der Waals surface area contributed by atoms with Gasteiger partial charge < -0.3 is 4.74 Å². The van der Waals surface area contributed by atoms with E-state index in [0.29, 0.717) is 0 Å². The highest BCUT2D eigenvalue weighted by atomic mass is 127. The van der Waals surface area contributed by atoms with Crippen LogP contribution in [0.5, 0.6) is 5.88 Å². The molecule has 0 aromatic carbocycles. The SMILES string of the molecule is O=[N+]([O-])c1c(C(F)(F)F)cc(I)nc1OC(F)(F)F. The Labute approximate surface area is 113 Å². The van der Waals surface area contributed by atoms with Crippen molar-refractivity contribution < 1.29 is 36.0 Å². The van der Waals surface area contributed by atoms with Crippen molar-refractivity contribution in [2.75, 3.05) is 0 Å². The predicted octanol–water partition coefficient (Wildman–Crippen LogP) is 3.51. The number of rotatable bonds is 2. The first-order chi connectivity index (χ1) is 8.42. The second kappa shape index (κ2) is 4.97. The van der Waals surface area contributed by atoms with E-state index in [1.807, 2.05) is 0 Å². The topological polar surface area (TPSA) is 65.3 Å². The number of nitro groups is 1. The van der Waals surface area contributed by atoms with Crippen molar-refractivity contribution in [3.05, 3.63) is 25.4 Å². The molecule has 0 fully saturated rings. The molecule has 0 saturated carbocycles. The highest BCUT2D eigenvalue weighted by molar-refractivity contribution is 14.1. The largest absolute Gasteiger partial charge is 0.574 e. The minimum atomic E-state index is -5.40. The van der Waals surface area contributed by atoms with Gasteiger partial charge >= 0.3 is 24.1 Å². The molecule has 106 valence electrons. The molecular formula is C7HF6IN2O3. The number of halogens is 7. The van der Waals surface area contributed by atoms with Crippen molar-refractivity contribution >= 4 is 28.3 Å². The summed E-state index contributed by atoms with van der Waals surface area (Å²) in [4.78, 5) is 11.8. The maximum Gasteiger partial charge on any atom is 0.574 e. The number of pyridine rings is 1. The molecule has 1 aromatic heterocycles. The molecule has 0 aliphatic carbocycles. The van der Waals surface area contributed by atoms with Crippen LogP contribution in [0.15, 0.2) is 6.07 Å². The zero-order chi connectivity index (χ0) is 15.0. The van der Waals surface area contributed by atoms with Crippen LogP contribution in [-0.4, -0.2) is 16.3 Å². The summed E-state index contributed by atoms with van der Waals surface area (Å²) in [5, 5.41) is 10.5. The van der Waals surface area contributed by atoms with E-state index in [2.05, 4.69) is 9.72 Å². The number of hydrogen-bond acceptors (Lipinski definition) is 4. The summed E-state index contributed by atoms with van der Waals surface area (Å²) in [7, 11) is 0. The standard InChI is InChI=1S/C7HF6IN2O3/c8-6(9,10)2-1-3(14)15-5(4(2)16(17)18)19-7(11,12)13/h1H. The van der Waals surface area contributed by atoms with Gasteiger partial charge in [0.05, 0.1) is 4.92 Å². The van der Waals surface area contributed by atoms with E-state index in [1.54, 1.807) is 0 Å². The third-order valence-electron chi connectivity index (χ3n) is 1.63. The molecule has 0 unspecified atom stereocenters. The van der Waals surface area contributed by atoms with Gasteiger partial charge in [-0.25, -0.2) is 4.98 Å². The predicted molar refractivity (Wildman–Crippen MR) is 55.3 cm³/mol. The molecule has 1 aromatic rings. The van der Waals surface area contributed by atoms with E-state index in [1.165, 1.54) is 22.6 Å². The van der Waals surface area contributed by atoms with Crippen molar-refractivity contribution in [2.24, 2.45) is 0 Å². The van der Waals surface area contributed by atoms with Crippen LogP contribution in [0.3, 0.4) is 0 Å². The highest BCUT2D eigenvalue weighted by Gasteiger charge is 2.44. The molecule has 1 rings (SSSR count). The Hall–Kier alpha value is -1.34.